The van der Waals surface area contributed by atoms with Crippen LogP contribution in [0.25, 0.3) is 10.4 Å². The van der Waals surface area contributed by atoms with Gasteiger partial charge in [0.2, 0.25) is 0 Å². The molecule has 148 valence electrons. The van der Waals surface area contributed by atoms with Crippen molar-refractivity contribution >= 4 is 11.5 Å². The summed E-state index contributed by atoms with van der Waals surface area (Å²) in [6, 6.07) is 9.64. The monoisotopic (exact) mass is 401 g/mol. The van der Waals surface area contributed by atoms with Gasteiger partial charge in [-0.3, -0.25) is 0 Å². The maximum Gasteiger partial charge on any atom is 0.169 e. The van der Waals surface area contributed by atoms with Crippen LogP contribution in [0.15, 0.2) is 36.5 Å². The first-order chi connectivity index (χ1) is 13.6. The highest BCUT2D eigenvalue weighted by Crippen LogP contribution is 2.44. The van der Waals surface area contributed by atoms with Crippen LogP contribution in [0.4, 0.5) is 0 Å². The van der Waals surface area contributed by atoms with Gasteiger partial charge in [-0.05, 0) is 40.9 Å². The molecular formula is C21H23NO5S. The van der Waals surface area contributed by atoms with E-state index in [1.54, 1.807) is 41.6 Å². The van der Waals surface area contributed by atoms with Crippen molar-refractivity contribution in [3.8, 4) is 39.2 Å². The van der Waals surface area contributed by atoms with Crippen LogP contribution in [-0.4, -0.2) is 39.9 Å². The number of rotatable bonds is 8. The minimum Gasteiger partial charge on any atom is -0.497 e. The second kappa shape index (κ2) is 8.84. The maximum atomic E-state index is 5.62. The molecule has 0 N–H and O–H groups in total. The molecule has 0 aliphatic carbocycles. The summed E-state index contributed by atoms with van der Waals surface area (Å²) in [7, 11) is 8.12. The number of aromatic nitrogens is 1. The Hall–Kier alpha value is -2.93. The fraction of sp³-hybridized carbons (Fsp3) is 0.286. The normalized spacial score (nSPS) is 10.5. The van der Waals surface area contributed by atoms with Crippen LogP contribution in [-0.2, 0) is 6.42 Å². The van der Waals surface area contributed by atoms with Crippen LogP contribution < -0.4 is 23.7 Å². The zero-order chi connectivity index (χ0) is 20.1. The Balaban J connectivity index is 2.03. The molecule has 0 radical (unpaired) electrons. The van der Waals surface area contributed by atoms with Crippen LogP contribution in [0, 0.1) is 0 Å². The molecule has 0 amide bonds. The van der Waals surface area contributed by atoms with E-state index in [1.165, 1.54) is 11.5 Å². The number of nitrogens with zero attached hydrogens (tertiary/aromatic N) is 1. The molecule has 28 heavy (non-hydrogen) atoms. The second-order valence-corrected chi connectivity index (χ2v) is 6.76. The fourth-order valence-electron chi connectivity index (χ4n) is 3.04. The molecule has 6 nitrogen and oxygen atoms in total. The van der Waals surface area contributed by atoms with Gasteiger partial charge < -0.3 is 23.7 Å². The predicted octanol–water partition coefficient (Wildman–Crippen LogP) is 4.44. The van der Waals surface area contributed by atoms with Gasteiger partial charge in [-0.25, -0.2) is 4.37 Å². The zero-order valence-corrected chi connectivity index (χ0v) is 17.4. The third-order valence-electron chi connectivity index (χ3n) is 4.42. The van der Waals surface area contributed by atoms with Crippen LogP contribution >= 0.6 is 11.5 Å². The SMILES string of the molecule is COc1cc(OC)c(OC)c(-c2sncc2Cc2ccc(OC)c(OC)c2)c1. The van der Waals surface area contributed by atoms with Gasteiger partial charge in [0.25, 0.3) is 0 Å². The van der Waals surface area contributed by atoms with E-state index in [-0.39, 0.29) is 0 Å². The van der Waals surface area contributed by atoms with Gasteiger partial charge in [0.15, 0.2) is 23.0 Å². The summed E-state index contributed by atoms with van der Waals surface area (Å²) in [5.41, 5.74) is 3.05. The van der Waals surface area contributed by atoms with E-state index in [9.17, 15) is 0 Å². The molecule has 0 fully saturated rings. The highest BCUT2D eigenvalue weighted by molar-refractivity contribution is 7.09. The van der Waals surface area contributed by atoms with Gasteiger partial charge in [-0.1, -0.05) is 6.07 Å². The number of benzene rings is 2. The minimum absolute atomic E-state index is 0.613. The quantitative estimate of drug-likeness (QED) is 0.556. The zero-order valence-electron chi connectivity index (χ0n) is 16.6. The summed E-state index contributed by atoms with van der Waals surface area (Å²) in [6.07, 6.45) is 2.57. The summed E-state index contributed by atoms with van der Waals surface area (Å²) in [6.45, 7) is 0. The van der Waals surface area contributed by atoms with Crippen LogP contribution in [0.5, 0.6) is 28.7 Å². The van der Waals surface area contributed by atoms with E-state index >= 15 is 0 Å². The van der Waals surface area contributed by atoms with Crippen molar-refractivity contribution in [2.75, 3.05) is 35.5 Å². The van der Waals surface area contributed by atoms with E-state index in [0.717, 1.165) is 21.6 Å². The average Bonchev–Trinajstić information content (AvgIpc) is 3.20. The van der Waals surface area contributed by atoms with Crippen molar-refractivity contribution < 1.29 is 23.7 Å². The lowest BCUT2D eigenvalue weighted by atomic mass is 10.0. The van der Waals surface area contributed by atoms with Gasteiger partial charge in [0, 0.05) is 24.2 Å². The fourth-order valence-corrected chi connectivity index (χ4v) is 3.82. The molecule has 1 aromatic heterocycles. The molecule has 0 saturated carbocycles. The molecule has 3 rings (SSSR count). The lowest BCUT2D eigenvalue weighted by Crippen LogP contribution is -1.97. The molecule has 1 heterocycles. The number of hydrogen-bond donors (Lipinski definition) is 0. The first kappa shape index (κ1) is 19.8. The smallest absolute Gasteiger partial charge is 0.169 e. The van der Waals surface area contributed by atoms with Crippen molar-refractivity contribution in [2.24, 2.45) is 0 Å². The summed E-state index contributed by atoms with van der Waals surface area (Å²) >= 11 is 1.41. The Morgan fingerprint density at radius 2 is 1.54 bits per heavy atom. The van der Waals surface area contributed by atoms with Crippen LogP contribution in [0.3, 0.4) is 0 Å². The molecule has 0 saturated heterocycles. The molecule has 0 aliphatic rings. The maximum absolute atomic E-state index is 5.62. The van der Waals surface area contributed by atoms with Gasteiger partial charge in [-0.2, -0.15) is 0 Å². The number of hydrogen-bond acceptors (Lipinski definition) is 7. The van der Waals surface area contributed by atoms with Crippen molar-refractivity contribution in [3.05, 3.63) is 47.7 Å². The lowest BCUT2D eigenvalue weighted by molar-refractivity contribution is 0.350. The largest absolute Gasteiger partial charge is 0.497 e. The highest BCUT2D eigenvalue weighted by Gasteiger charge is 2.19. The Morgan fingerprint density at radius 3 is 2.18 bits per heavy atom. The van der Waals surface area contributed by atoms with E-state index in [2.05, 4.69) is 4.37 Å². The molecule has 0 spiro atoms. The first-order valence-corrected chi connectivity index (χ1v) is 9.37. The molecule has 3 aromatic rings. The minimum atomic E-state index is 0.613. The number of ether oxygens (including phenoxy) is 5. The standard InChI is InChI=1S/C21H23NO5S/c1-23-15-10-16(20(27-5)19(11-15)26-4)21-14(12-22-28-21)8-13-6-7-17(24-2)18(9-13)25-3/h6-7,9-12H,8H2,1-5H3. The molecule has 0 unspecified atom stereocenters. The van der Waals surface area contributed by atoms with Crippen molar-refractivity contribution in [3.63, 3.8) is 0 Å². The number of methoxy groups -OCH3 is 5. The molecule has 2 aromatic carbocycles. The van der Waals surface area contributed by atoms with E-state index in [4.69, 9.17) is 23.7 Å². The Bertz CT molecular complexity index is 954. The van der Waals surface area contributed by atoms with E-state index in [0.29, 0.717) is 35.2 Å². The summed E-state index contributed by atoms with van der Waals surface area (Å²) in [5, 5.41) is 0. The molecule has 0 atom stereocenters. The lowest BCUT2D eigenvalue weighted by Gasteiger charge is -2.15. The topological polar surface area (TPSA) is 59.0 Å². The average molecular weight is 401 g/mol. The third-order valence-corrected chi connectivity index (χ3v) is 5.29. The predicted molar refractivity (Wildman–Crippen MR) is 110 cm³/mol. The first-order valence-electron chi connectivity index (χ1n) is 8.60. The van der Waals surface area contributed by atoms with Crippen molar-refractivity contribution in [1.29, 1.82) is 0 Å². The Kier molecular flexibility index (Phi) is 6.26. The second-order valence-electron chi connectivity index (χ2n) is 5.96. The third kappa shape index (κ3) is 3.84. The van der Waals surface area contributed by atoms with Gasteiger partial charge in [0.05, 0.1) is 40.4 Å². The van der Waals surface area contributed by atoms with Gasteiger partial charge in [-0.15, -0.1) is 0 Å². The van der Waals surface area contributed by atoms with Crippen molar-refractivity contribution in [1.82, 2.24) is 4.37 Å². The van der Waals surface area contributed by atoms with E-state index in [1.807, 2.05) is 30.5 Å². The highest BCUT2D eigenvalue weighted by atomic mass is 32.1. The van der Waals surface area contributed by atoms with Gasteiger partial charge in [0.1, 0.15) is 5.75 Å². The summed E-state index contributed by atoms with van der Waals surface area (Å²) in [5.74, 6) is 3.36. The molecule has 7 heteroatoms. The van der Waals surface area contributed by atoms with Crippen LogP contribution in [0.2, 0.25) is 0 Å². The van der Waals surface area contributed by atoms with Crippen molar-refractivity contribution in [2.45, 2.75) is 6.42 Å². The Labute approximate surface area is 168 Å². The van der Waals surface area contributed by atoms with Crippen LogP contribution in [0.1, 0.15) is 11.1 Å². The summed E-state index contributed by atoms with van der Waals surface area (Å²) < 4.78 is 31.7. The Morgan fingerprint density at radius 1 is 0.786 bits per heavy atom. The molecular weight excluding hydrogens is 378 g/mol. The van der Waals surface area contributed by atoms with E-state index < -0.39 is 0 Å². The molecule has 0 bridgehead atoms. The summed E-state index contributed by atoms with van der Waals surface area (Å²) in [4.78, 5) is 1.00. The van der Waals surface area contributed by atoms with Gasteiger partial charge >= 0.3 is 0 Å². The molecule has 0 aliphatic heterocycles.